The third kappa shape index (κ3) is 3.87. The topological polar surface area (TPSA) is 63.5 Å². The minimum absolute atomic E-state index is 0.0401. The summed E-state index contributed by atoms with van der Waals surface area (Å²) in [6, 6.07) is 9.34. The maximum absolute atomic E-state index is 11.2. The number of benzene rings is 1. The van der Waals surface area contributed by atoms with Crippen LogP contribution in [0.15, 0.2) is 30.3 Å². The van der Waals surface area contributed by atoms with E-state index in [1.807, 2.05) is 30.3 Å². The second kappa shape index (κ2) is 6.61. The molecule has 1 saturated heterocycles. The Labute approximate surface area is 118 Å². The molecule has 1 aliphatic rings. The van der Waals surface area contributed by atoms with Crippen LogP contribution in [-0.4, -0.2) is 34.7 Å². The Hall–Kier alpha value is -1.75. The monoisotopic (exact) mass is 276 g/mol. The molecule has 2 rings (SSSR count). The van der Waals surface area contributed by atoms with Gasteiger partial charge in [0.1, 0.15) is 5.78 Å². The summed E-state index contributed by atoms with van der Waals surface area (Å²) in [4.78, 5) is 24.3. The molecular weight excluding hydrogens is 256 g/mol. The number of nitro groups is 1. The van der Waals surface area contributed by atoms with Crippen molar-refractivity contribution in [3.63, 3.8) is 0 Å². The number of likely N-dealkylation sites (tertiary alicyclic amines) is 1. The lowest BCUT2D eigenvalue weighted by Crippen LogP contribution is -2.47. The molecule has 0 unspecified atom stereocenters. The van der Waals surface area contributed by atoms with Crippen LogP contribution in [0.2, 0.25) is 0 Å². The lowest BCUT2D eigenvalue weighted by Gasteiger charge is -2.33. The minimum Gasteiger partial charge on any atom is -0.300 e. The SMILES string of the molecule is CC(=O)C[C@H]1CCN(Cc2ccccc2)C[C@@H]1[N+](=O)[O-]. The molecule has 5 heteroatoms. The average molecular weight is 276 g/mol. The van der Waals surface area contributed by atoms with E-state index in [1.54, 1.807) is 0 Å². The fourth-order valence-electron chi connectivity index (χ4n) is 2.88. The zero-order chi connectivity index (χ0) is 14.5. The highest BCUT2D eigenvalue weighted by atomic mass is 16.6. The highest BCUT2D eigenvalue weighted by Crippen LogP contribution is 2.24. The first kappa shape index (κ1) is 14.7. The van der Waals surface area contributed by atoms with Gasteiger partial charge in [0.25, 0.3) is 0 Å². The van der Waals surface area contributed by atoms with E-state index in [2.05, 4.69) is 4.90 Å². The normalized spacial score (nSPS) is 23.4. The van der Waals surface area contributed by atoms with Gasteiger partial charge in [-0.15, -0.1) is 0 Å². The summed E-state index contributed by atoms with van der Waals surface area (Å²) in [7, 11) is 0. The van der Waals surface area contributed by atoms with E-state index in [4.69, 9.17) is 0 Å². The first-order valence-corrected chi connectivity index (χ1v) is 6.95. The smallest absolute Gasteiger partial charge is 0.228 e. The highest BCUT2D eigenvalue weighted by molar-refractivity contribution is 5.75. The van der Waals surface area contributed by atoms with E-state index < -0.39 is 6.04 Å². The van der Waals surface area contributed by atoms with Gasteiger partial charge in [0.15, 0.2) is 0 Å². The minimum atomic E-state index is -0.628. The zero-order valence-electron chi connectivity index (χ0n) is 11.7. The Morgan fingerprint density at radius 2 is 2.10 bits per heavy atom. The largest absolute Gasteiger partial charge is 0.300 e. The van der Waals surface area contributed by atoms with Gasteiger partial charge in [-0.2, -0.15) is 0 Å². The molecule has 0 bridgehead atoms. The quantitative estimate of drug-likeness (QED) is 0.610. The second-order valence-electron chi connectivity index (χ2n) is 5.53. The van der Waals surface area contributed by atoms with Crippen LogP contribution in [0.1, 0.15) is 25.3 Å². The predicted octanol–water partition coefficient (Wildman–Crippen LogP) is 2.13. The molecule has 108 valence electrons. The van der Waals surface area contributed by atoms with Crippen molar-refractivity contribution in [1.29, 1.82) is 0 Å². The number of rotatable bonds is 5. The summed E-state index contributed by atoms with van der Waals surface area (Å²) >= 11 is 0. The number of hydrogen-bond acceptors (Lipinski definition) is 4. The third-order valence-electron chi connectivity index (χ3n) is 3.87. The van der Waals surface area contributed by atoms with Crippen molar-refractivity contribution in [3.05, 3.63) is 46.0 Å². The number of carbonyl (C=O) groups is 1. The van der Waals surface area contributed by atoms with Crippen molar-refractivity contribution < 1.29 is 9.72 Å². The van der Waals surface area contributed by atoms with Gasteiger partial charge in [-0.1, -0.05) is 30.3 Å². The summed E-state index contributed by atoms with van der Waals surface area (Å²) in [5.74, 6) is -0.0760. The van der Waals surface area contributed by atoms with Crippen LogP contribution < -0.4 is 0 Å². The van der Waals surface area contributed by atoms with Crippen molar-refractivity contribution in [1.82, 2.24) is 4.90 Å². The lowest BCUT2D eigenvalue weighted by molar-refractivity contribution is -0.535. The molecule has 0 N–H and O–H groups in total. The van der Waals surface area contributed by atoms with Crippen LogP contribution in [0.3, 0.4) is 0 Å². The number of Topliss-reactive ketones (excluding diaryl/α,β-unsaturated/α-hetero) is 1. The maximum atomic E-state index is 11.2. The van der Waals surface area contributed by atoms with E-state index in [0.717, 1.165) is 19.5 Å². The summed E-state index contributed by atoms with van der Waals surface area (Å²) in [5.41, 5.74) is 1.17. The Bertz CT molecular complexity index is 475. The molecule has 2 atom stereocenters. The highest BCUT2D eigenvalue weighted by Gasteiger charge is 2.37. The summed E-state index contributed by atoms with van der Waals surface area (Å²) in [5, 5.41) is 11.2. The molecule has 0 spiro atoms. The zero-order valence-corrected chi connectivity index (χ0v) is 11.7. The van der Waals surface area contributed by atoms with Gasteiger partial charge < -0.3 is 4.79 Å². The molecular formula is C15H20N2O3. The first-order chi connectivity index (χ1) is 9.56. The number of piperidine rings is 1. The van der Waals surface area contributed by atoms with Crippen LogP contribution in [0, 0.1) is 16.0 Å². The fraction of sp³-hybridized carbons (Fsp3) is 0.533. The van der Waals surface area contributed by atoms with Gasteiger partial charge in [0, 0.05) is 23.8 Å². The number of nitrogens with zero attached hydrogens (tertiary/aromatic N) is 2. The lowest BCUT2D eigenvalue weighted by atomic mass is 9.87. The number of carbonyl (C=O) groups excluding carboxylic acids is 1. The van der Waals surface area contributed by atoms with Crippen molar-refractivity contribution in [3.8, 4) is 0 Å². The summed E-state index contributed by atoms with van der Waals surface area (Å²) in [6.07, 6.45) is 1.04. The van der Waals surface area contributed by atoms with E-state index >= 15 is 0 Å². The number of hydrogen-bond donors (Lipinski definition) is 0. The van der Waals surface area contributed by atoms with Crippen LogP contribution in [0.25, 0.3) is 0 Å². The molecule has 0 radical (unpaired) electrons. The van der Waals surface area contributed by atoms with E-state index in [-0.39, 0.29) is 16.6 Å². The third-order valence-corrected chi connectivity index (χ3v) is 3.87. The molecule has 1 aromatic carbocycles. The average Bonchev–Trinajstić information content (AvgIpc) is 2.41. The van der Waals surface area contributed by atoms with Crippen molar-refractivity contribution in [2.24, 2.45) is 5.92 Å². The van der Waals surface area contributed by atoms with Crippen LogP contribution in [-0.2, 0) is 11.3 Å². The van der Waals surface area contributed by atoms with Gasteiger partial charge in [-0.25, -0.2) is 0 Å². The second-order valence-corrected chi connectivity index (χ2v) is 5.53. The molecule has 0 saturated carbocycles. The molecule has 20 heavy (non-hydrogen) atoms. The van der Waals surface area contributed by atoms with Crippen LogP contribution in [0.4, 0.5) is 0 Å². The summed E-state index contributed by atoms with van der Waals surface area (Å²) < 4.78 is 0. The molecule has 1 aromatic rings. The molecule has 5 nitrogen and oxygen atoms in total. The Morgan fingerprint density at radius 3 is 2.70 bits per heavy atom. The standard InChI is InChI=1S/C15H20N2O3/c1-12(18)9-14-7-8-16(11-15(14)17(19)20)10-13-5-3-2-4-6-13/h2-6,14-15H,7-11H2,1H3/t14-,15+/m1/s1. The Morgan fingerprint density at radius 1 is 1.40 bits per heavy atom. The molecule has 0 aromatic heterocycles. The molecule has 0 amide bonds. The van der Waals surface area contributed by atoms with Crippen molar-refractivity contribution >= 4 is 5.78 Å². The van der Waals surface area contributed by atoms with Crippen LogP contribution >= 0.6 is 0 Å². The van der Waals surface area contributed by atoms with Crippen LogP contribution in [0.5, 0.6) is 0 Å². The van der Waals surface area contributed by atoms with Gasteiger partial charge >= 0.3 is 0 Å². The van der Waals surface area contributed by atoms with Crippen molar-refractivity contribution in [2.45, 2.75) is 32.4 Å². The summed E-state index contributed by atoms with van der Waals surface area (Å²) in [6.45, 7) is 3.49. The van der Waals surface area contributed by atoms with E-state index in [9.17, 15) is 14.9 Å². The fourth-order valence-corrected chi connectivity index (χ4v) is 2.88. The van der Waals surface area contributed by atoms with E-state index in [0.29, 0.717) is 13.0 Å². The molecule has 1 aliphatic heterocycles. The molecule has 0 aliphatic carbocycles. The van der Waals surface area contributed by atoms with Crippen molar-refractivity contribution in [2.75, 3.05) is 13.1 Å². The van der Waals surface area contributed by atoms with Gasteiger partial charge in [0.2, 0.25) is 6.04 Å². The number of ketones is 1. The van der Waals surface area contributed by atoms with Gasteiger partial charge in [-0.3, -0.25) is 15.0 Å². The van der Waals surface area contributed by atoms with E-state index in [1.165, 1.54) is 12.5 Å². The Kier molecular flexibility index (Phi) is 4.84. The van der Waals surface area contributed by atoms with Gasteiger partial charge in [0.05, 0.1) is 6.54 Å². The Balaban J connectivity index is 1.99. The van der Waals surface area contributed by atoms with Gasteiger partial charge in [-0.05, 0) is 25.5 Å². The molecule has 1 heterocycles. The first-order valence-electron chi connectivity index (χ1n) is 6.95. The molecule has 1 fully saturated rings. The predicted molar refractivity (Wildman–Crippen MR) is 75.9 cm³/mol. The maximum Gasteiger partial charge on any atom is 0.228 e.